The van der Waals surface area contributed by atoms with Crippen molar-refractivity contribution in [2.75, 3.05) is 38.4 Å². The summed E-state index contributed by atoms with van der Waals surface area (Å²) >= 11 is 0. The number of methoxy groups -OCH3 is 1. The zero-order valence-corrected chi connectivity index (χ0v) is 24.4. The van der Waals surface area contributed by atoms with Gasteiger partial charge in [0.15, 0.2) is 11.5 Å². The van der Waals surface area contributed by atoms with Crippen LogP contribution in [-0.4, -0.2) is 55.4 Å². The van der Waals surface area contributed by atoms with E-state index in [0.29, 0.717) is 30.3 Å². The van der Waals surface area contributed by atoms with E-state index < -0.39 is 17.9 Å². The molecule has 8 nitrogen and oxygen atoms in total. The first kappa shape index (κ1) is 28.6. The molecule has 0 radical (unpaired) electrons. The number of carboxylic acid groups (broad SMARTS) is 1. The summed E-state index contributed by atoms with van der Waals surface area (Å²) in [6, 6.07) is 26.8. The van der Waals surface area contributed by atoms with Gasteiger partial charge < -0.3 is 24.2 Å². The second kappa shape index (κ2) is 12.4. The number of benzene rings is 4. The lowest BCUT2D eigenvalue weighted by Crippen LogP contribution is -2.41. The van der Waals surface area contributed by atoms with Crippen molar-refractivity contribution in [1.82, 2.24) is 4.90 Å². The van der Waals surface area contributed by atoms with Gasteiger partial charge in [-0.25, -0.2) is 0 Å². The smallest absolute Gasteiger partial charge is 0.309 e. The highest BCUT2D eigenvalue weighted by Gasteiger charge is 2.48. The van der Waals surface area contributed by atoms with Crippen LogP contribution in [-0.2, 0) is 9.59 Å². The number of hydrogen-bond acceptors (Lipinski definition) is 6. The van der Waals surface area contributed by atoms with E-state index in [1.165, 1.54) is 0 Å². The maximum atomic E-state index is 14.2. The molecule has 2 aliphatic heterocycles. The topological polar surface area (TPSA) is 88.5 Å². The molecule has 0 bridgehead atoms. The Balaban J connectivity index is 1.36. The minimum absolute atomic E-state index is 0.0577. The Hall–Kier alpha value is -4.56. The normalized spacial score (nSPS) is 19.4. The number of unbranched alkanes of at least 4 members (excludes halogenated alkanes) is 1. The van der Waals surface area contributed by atoms with Gasteiger partial charge in [-0.05, 0) is 64.7 Å². The summed E-state index contributed by atoms with van der Waals surface area (Å²) in [7, 11) is 1.60. The number of amides is 1. The van der Waals surface area contributed by atoms with Crippen molar-refractivity contribution in [2.24, 2.45) is 5.92 Å². The number of aliphatic carboxylic acids is 1. The van der Waals surface area contributed by atoms with E-state index in [0.717, 1.165) is 40.4 Å². The first-order valence-electron chi connectivity index (χ1n) is 14.8. The Morgan fingerprint density at radius 3 is 2.42 bits per heavy atom. The van der Waals surface area contributed by atoms with Crippen LogP contribution in [0.2, 0.25) is 0 Å². The molecular formula is C35H36N2O6. The van der Waals surface area contributed by atoms with Crippen LogP contribution in [0.4, 0.5) is 5.69 Å². The Bertz CT molecular complexity index is 1620. The summed E-state index contributed by atoms with van der Waals surface area (Å²) < 4.78 is 16.5. The number of rotatable bonds is 10. The Morgan fingerprint density at radius 2 is 1.67 bits per heavy atom. The maximum Gasteiger partial charge on any atom is 0.309 e. The van der Waals surface area contributed by atoms with Gasteiger partial charge in [0.2, 0.25) is 12.7 Å². The summed E-state index contributed by atoms with van der Waals surface area (Å²) in [4.78, 5) is 31.0. The largest absolute Gasteiger partial charge is 0.497 e. The molecule has 1 fully saturated rings. The number of hydrogen-bond donors (Lipinski definition) is 1. The molecule has 1 saturated heterocycles. The number of fused-ring (bicyclic) bond motifs is 2. The third-order valence-electron chi connectivity index (χ3n) is 8.58. The van der Waals surface area contributed by atoms with Crippen LogP contribution >= 0.6 is 0 Å². The summed E-state index contributed by atoms with van der Waals surface area (Å²) in [5.74, 6) is -0.171. The monoisotopic (exact) mass is 580 g/mol. The van der Waals surface area contributed by atoms with E-state index in [4.69, 9.17) is 14.2 Å². The molecule has 0 saturated carbocycles. The number of ether oxygens (including phenoxy) is 3. The number of likely N-dealkylation sites (tertiary alicyclic amines) is 1. The van der Waals surface area contributed by atoms with E-state index in [2.05, 4.69) is 25.1 Å². The molecule has 3 atom stereocenters. The highest BCUT2D eigenvalue weighted by atomic mass is 16.7. The van der Waals surface area contributed by atoms with Crippen molar-refractivity contribution in [2.45, 2.75) is 31.7 Å². The quantitative estimate of drug-likeness (QED) is 0.237. The van der Waals surface area contributed by atoms with Crippen LogP contribution in [0.25, 0.3) is 10.8 Å². The fraction of sp³-hybridized carbons (Fsp3) is 0.314. The van der Waals surface area contributed by atoms with Crippen LogP contribution in [0.3, 0.4) is 0 Å². The first-order chi connectivity index (χ1) is 21.0. The molecule has 2 heterocycles. The number of carbonyl (C=O) groups is 2. The van der Waals surface area contributed by atoms with Gasteiger partial charge in [-0.2, -0.15) is 0 Å². The standard InChI is InChI=1S/C35H36N2O6/c1-3-4-17-37(27-13-9-23-7-5-6-8-25(23)18-27)32(38)21-36-20-29(26-12-16-30-31(19-26)43-22-42-30)33(35(39)40)34(36)24-10-14-28(41-2)15-11-24/h5-16,18-19,29,33-34H,3-4,17,20-22H2,1-2H3,(H,39,40)/t29-,33+,34-/m1/s1. The van der Waals surface area contributed by atoms with Gasteiger partial charge in [0.1, 0.15) is 5.75 Å². The zero-order valence-electron chi connectivity index (χ0n) is 24.4. The van der Waals surface area contributed by atoms with Gasteiger partial charge in [0.25, 0.3) is 0 Å². The van der Waals surface area contributed by atoms with Gasteiger partial charge in [0, 0.05) is 30.7 Å². The molecule has 1 amide bonds. The highest BCUT2D eigenvalue weighted by molar-refractivity contribution is 5.97. The molecule has 8 heteroatoms. The summed E-state index contributed by atoms with van der Waals surface area (Å²) in [6.07, 6.45) is 1.81. The second-order valence-corrected chi connectivity index (χ2v) is 11.2. The molecule has 1 N–H and O–H groups in total. The molecule has 0 spiro atoms. The van der Waals surface area contributed by atoms with Crippen LogP contribution in [0.1, 0.15) is 42.9 Å². The van der Waals surface area contributed by atoms with Gasteiger partial charge in [0.05, 0.1) is 19.6 Å². The van der Waals surface area contributed by atoms with Gasteiger partial charge in [-0.3, -0.25) is 14.5 Å². The van der Waals surface area contributed by atoms with Gasteiger partial charge in [-0.15, -0.1) is 0 Å². The maximum absolute atomic E-state index is 14.2. The van der Waals surface area contributed by atoms with Crippen molar-refractivity contribution in [3.05, 3.63) is 96.1 Å². The molecule has 222 valence electrons. The lowest BCUT2D eigenvalue weighted by atomic mass is 9.82. The van der Waals surface area contributed by atoms with Gasteiger partial charge >= 0.3 is 5.97 Å². The average molecular weight is 581 g/mol. The zero-order chi connectivity index (χ0) is 29.9. The van der Waals surface area contributed by atoms with E-state index in [1.54, 1.807) is 7.11 Å². The van der Waals surface area contributed by atoms with Crippen LogP contribution < -0.4 is 19.1 Å². The molecule has 4 aromatic carbocycles. The minimum atomic E-state index is -0.907. The molecule has 0 unspecified atom stereocenters. The van der Waals surface area contributed by atoms with E-state index >= 15 is 0 Å². The number of carbonyl (C=O) groups excluding carboxylic acids is 1. The average Bonchev–Trinajstić information content (AvgIpc) is 3.66. The minimum Gasteiger partial charge on any atom is -0.497 e. The number of nitrogens with zero attached hydrogens (tertiary/aromatic N) is 2. The van der Waals surface area contributed by atoms with E-state index in [1.807, 2.05) is 76.5 Å². The predicted octanol–water partition coefficient (Wildman–Crippen LogP) is 6.25. The van der Waals surface area contributed by atoms with Crippen LogP contribution in [0.5, 0.6) is 17.2 Å². The highest BCUT2D eigenvalue weighted by Crippen LogP contribution is 2.48. The fourth-order valence-corrected chi connectivity index (χ4v) is 6.39. The summed E-state index contributed by atoms with van der Waals surface area (Å²) in [5.41, 5.74) is 2.52. The number of carboxylic acids is 1. The van der Waals surface area contributed by atoms with Crippen molar-refractivity contribution < 1.29 is 28.9 Å². The first-order valence-corrected chi connectivity index (χ1v) is 14.8. The third kappa shape index (κ3) is 5.75. The lowest BCUT2D eigenvalue weighted by Gasteiger charge is -2.30. The van der Waals surface area contributed by atoms with Crippen LogP contribution in [0.15, 0.2) is 84.9 Å². The Kier molecular flexibility index (Phi) is 8.20. The van der Waals surface area contributed by atoms with Crippen molar-refractivity contribution in [3.63, 3.8) is 0 Å². The fourth-order valence-electron chi connectivity index (χ4n) is 6.39. The lowest BCUT2D eigenvalue weighted by molar-refractivity contribution is -0.143. The molecule has 4 aromatic rings. The number of anilines is 1. The van der Waals surface area contributed by atoms with Gasteiger partial charge in [-0.1, -0.05) is 61.9 Å². The van der Waals surface area contributed by atoms with Crippen molar-refractivity contribution >= 4 is 28.3 Å². The summed E-state index contributed by atoms with van der Waals surface area (Å²) in [5, 5.41) is 12.8. The SMILES string of the molecule is CCCCN(C(=O)CN1C[C@H](c2ccc3c(c2)OCO3)[C@H](C(=O)O)[C@H]1c1ccc(OC)cc1)c1ccc2ccccc2c1. The predicted molar refractivity (Wildman–Crippen MR) is 165 cm³/mol. The van der Waals surface area contributed by atoms with Crippen molar-refractivity contribution in [3.8, 4) is 17.2 Å². The molecular weight excluding hydrogens is 544 g/mol. The van der Waals surface area contributed by atoms with E-state index in [9.17, 15) is 14.7 Å². The molecule has 0 aliphatic carbocycles. The Labute approximate surface area is 251 Å². The second-order valence-electron chi connectivity index (χ2n) is 11.2. The third-order valence-corrected chi connectivity index (χ3v) is 8.58. The Morgan fingerprint density at radius 1 is 0.930 bits per heavy atom. The van der Waals surface area contributed by atoms with Crippen LogP contribution in [0, 0.1) is 5.92 Å². The molecule has 6 rings (SSSR count). The van der Waals surface area contributed by atoms with E-state index in [-0.39, 0.29) is 25.2 Å². The molecule has 2 aliphatic rings. The molecule has 0 aromatic heterocycles. The van der Waals surface area contributed by atoms with Crippen molar-refractivity contribution in [1.29, 1.82) is 0 Å². The molecule has 43 heavy (non-hydrogen) atoms. The summed E-state index contributed by atoms with van der Waals surface area (Å²) in [6.45, 7) is 3.32.